The first kappa shape index (κ1) is 14.4. The molecule has 5 nitrogen and oxygen atoms in total. The van der Waals surface area contributed by atoms with Crippen LogP contribution in [0.25, 0.3) is 0 Å². The van der Waals surface area contributed by atoms with E-state index in [0.717, 1.165) is 13.0 Å². The highest BCUT2D eigenvalue weighted by Crippen LogP contribution is 2.21. The van der Waals surface area contributed by atoms with Crippen molar-refractivity contribution in [1.82, 2.24) is 14.6 Å². The minimum Gasteiger partial charge on any atom is -0.320 e. The van der Waals surface area contributed by atoms with Gasteiger partial charge in [0.2, 0.25) is 10.0 Å². The van der Waals surface area contributed by atoms with Crippen LogP contribution in [0.15, 0.2) is 23.2 Å². The van der Waals surface area contributed by atoms with Crippen molar-refractivity contribution in [2.75, 3.05) is 27.2 Å². The maximum Gasteiger partial charge on any atom is 0.245 e. The lowest BCUT2D eigenvalue weighted by molar-refractivity contribution is 0.458. The van der Waals surface area contributed by atoms with Gasteiger partial charge in [0.15, 0.2) is 0 Å². The highest BCUT2D eigenvalue weighted by molar-refractivity contribution is 7.89. The van der Waals surface area contributed by atoms with Gasteiger partial charge in [-0.2, -0.15) is 0 Å². The van der Waals surface area contributed by atoms with Gasteiger partial charge in [-0.25, -0.2) is 17.7 Å². The number of nitrogens with one attached hydrogen (secondary N) is 1. The van der Waals surface area contributed by atoms with E-state index in [2.05, 4.69) is 10.3 Å². The van der Waals surface area contributed by atoms with Crippen LogP contribution in [0, 0.1) is 0 Å². The summed E-state index contributed by atoms with van der Waals surface area (Å²) in [5.41, 5.74) is 0. The lowest BCUT2D eigenvalue weighted by Crippen LogP contribution is -2.29. The molecule has 0 bridgehead atoms. The largest absolute Gasteiger partial charge is 0.320 e. The Labute approximate surface area is 107 Å². The maximum atomic E-state index is 12.1. The van der Waals surface area contributed by atoms with E-state index in [4.69, 9.17) is 11.6 Å². The molecule has 0 aliphatic rings. The Hall–Kier alpha value is -0.690. The fourth-order valence-electron chi connectivity index (χ4n) is 1.33. The van der Waals surface area contributed by atoms with E-state index in [1.807, 2.05) is 7.05 Å². The van der Waals surface area contributed by atoms with Gasteiger partial charge in [0.25, 0.3) is 0 Å². The van der Waals surface area contributed by atoms with Crippen molar-refractivity contribution in [1.29, 1.82) is 0 Å². The predicted molar refractivity (Wildman–Crippen MR) is 67.6 cm³/mol. The molecule has 1 aromatic heterocycles. The molecular weight excluding hydrogens is 262 g/mol. The first-order chi connectivity index (χ1) is 8.00. The Bertz CT molecular complexity index is 464. The zero-order valence-electron chi connectivity index (χ0n) is 9.85. The minimum atomic E-state index is -3.54. The summed E-state index contributed by atoms with van der Waals surface area (Å²) in [5, 5.41) is 2.97. The molecule has 0 radical (unpaired) electrons. The quantitative estimate of drug-likeness (QED) is 0.622. The van der Waals surface area contributed by atoms with Crippen LogP contribution in [0.2, 0.25) is 5.15 Å². The summed E-state index contributed by atoms with van der Waals surface area (Å²) in [6.45, 7) is 1.20. The van der Waals surface area contributed by atoms with Crippen LogP contribution in [0.3, 0.4) is 0 Å². The maximum absolute atomic E-state index is 12.1. The molecule has 96 valence electrons. The Morgan fingerprint density at radius 3 is 2.82 bits per heavy atom. The summed E-state index contributed by atoms with van der Waals surface area (Å²) in [5.74, 6) is 0. The van der Waals surface area contributed by atoms with Gasteiger partial charge in [0, 0.05) is 19.8 Å². The van der Waals surface area contributed by atoms with Crippen LogP contribution in [-0.2, 0) is 10.0 Å². The fourth-order valence-corrected chi connectivity index (χ4v) is 2.96. The minimum absolute atomic E-state index is 0.00738. The number of sulfonamides is 1. The van der Waals surface area contributed by atoms with Gasteiger partial charge >= 0.3 is 0 Å². The molecule has 0 saturated carbocycles. The zero-order valence-corrected chi connectivity index (χ0v) is 11.4. The van der Waals surface area contributed by atoms with Crippen molar-refractivity contribution >= 4 is 21.6 Å². The molecule has 0 amide bonds. The smallest absolute Gasteiger partial charge is 0.245 e. The second-order valence-corrected chi connectivity index (χ2v) is 5.95. The summed E-state index contributed by atoms with van der Waals surface area (Å²) in [6, 6.07) is 3.01. The molecule has 1 aromatic rings. The third-order valence-corrected chi connectivity index (χ3v) is 4.61. The number of rotatable bonds is 6. The lowest BCUT2D eigenvalue weighted by Gasteiger charge is -2.17. The standard InChI is InChI=1S/C10H16ClN3O2S/c1-12-6-4-8-14(2)17(15,16)9-5-3-7-13-10(9)11/h3,5,7,12H,4,6,8H2,1-2H3. The molecule has 0 fully saturated rings. The Balaban J connectivity index is 2.85. The molecule has 0 aromatic carbocycles. The van der Waals surface area contributed by atoms with E-state index in [1.54, 1.807) is 6.07 Å². The predicted octanol–water partition coefficient (Wildman–Crippen LogP) is 0.965. The number of pyridine rings is 1. The highest BCUT2D eigenvalue weighted by atomic mass is 35.5. The summed E-state index contributed by atoms with van der Waals surface area (Å²) in [4.78, 5) is 3.82. The summed E-state index contributed by atoms with van der Waals surface area (Å²) < 4.78 is 25.5. The second-order valence-electron chi connectivity index (χ2n) is 3.58. The lowest BCUT2D eigenvalue weighted by atomic mass is 10.4. The molecule has 1 N–H and O–H groups in total. The Morgan fingerprint density at radius 2 is 2.24 bits per heavy atom. The van der Waals surface area contributed by atoms with Crippen molar-refractivity contribution in [3.63, 3.8) is 0 Å². The molecule has 1 heterocycles. The van der Waals surface area contributed by atoms with E-state index in [-0.39, 0.29) is 10.0 Å². The molecule has 0 aliphatic carbocycles. The van der Waals surface area contributed by atoms with E-state index in [9.17, 15) is 8.42 Å². The number of nitrogens with zero attached hydrogens (tertiary/aromatic N) is 2. The first-order valence-electron chi connectivity index (χ1n) is 5.21. The molecule has 17 heavy (non-hydrogen) atoms. The van der Waals surface area contributed by atoms with Gasteiger partial charge in [-0.05, 0) is 32.1 Å². The van der Waals surface area contributed by atoms with E-state index in [1.165, 1.54) is 23.6 Å². The molecule has 0 spiro atoms. The van der Waals surface area contributed by atoms with Crippen molar-refractivity contribution in [2.24, 2.45) is 0 Å². The summed E-state index contributed by atoms with van der Waals surface area (Å²) >= 11 is 5.78. The second kappa shape index (κ2) is 6.30. The van der Waals surface area contributed by atoms with Crippen molar-refractivity contribution in [2.45, 2.75) is 11.3 Å². The van der Waals surface area contributed by atoms with Crippen molar-refractivity contribution in [3.05, 3.63) is 23.5 Å². The summed E-state index contributed by atoms with van der Waals surface area (Å²) in [7, 11) is -0.177. The van der Waals surface area contributed by atoms with Gasteiger partial charge in [-0.15, -0.1) is 0 Å². The number of hydrogen-bond donors (Lipinski definition) is 1. The number of aromatic nitrogens is 1. The van der Waals surface area contributed by atoms with Gasteiger partial charge in [-0.1, -0.05) is 11.6 Å². The fraction of sp³-hybridized carbons (Fsp3) is 0.500. The third kappa shape index (κ3) is 3.64. The molecule has 1 rings (SSSR count). The average molecular weight is 278 g/mol. The van der Waals surface area contributed by atoms with Crippen LogP contribution in [0.4, 0.5) is 0 Å². The van der Waals surface area contributed by atoms with Gasteiger partial charge < -0.3 is 5.32 Å². The van der Waals surface area contributed by atoms with E-state index < -0.39 is 10.0 Å². The normalized spacial score (nSPS) is 12.0. The van der Waals surface area contributed by atoms with Crippen LogP contribution in [0.1, 0.15) is 6.42 Å². The monoisotopic (exact) mass is 277 g/mol. The number of halogens is 1. The van der Waals surface area contributed by atoms with Gasteiger partial charge in [0.05, 0.1) is 0 Å². The molecule has 7 heteroatoms. The van der Waals surface area contributed by atoms with Crippen molar-refractivity contribution < 1.29 is 8.42 Å². The van der Waals surface area contributed by atoms with Crippen LogP contribution < -0.4 is 5.32 Å². The van der Waals surface area contributed by atoms with Crippen LogP contribution in [0.5, 0.6) is 0 Å². The first-order valence-corrected chi connectivity index (χ1v) is 7.03. The van der Waals surface area contributed by atoms with E-state index in [0.29, 0.717) is 6.54 Å². The molecule has 0 atom stereocenters. The SMILES string of the molecule is CNCCCN(C)S(=O)(=O)c1cccnc1Cl. The molecule has 0 aliphatic heterocycles. The average Bonchev–Trinajstić information content (AvgIpc) is 2.29. The van der Waals surface area contributed by atoms with Crippen LogP contribution in [-0.4, -0.2) is 44.9 Å². The van der Waals surface area contributed by atoms with Gasteiger partial charge in [-0.3, -0.25) is 0 Å². The zero-order chi connectivity index (χ0) is 12.9. The van der Waals surface area contributed by atoms with Gasteiger partial charge in [0.1, 0.15) is 10.0 Å². The number of hydrogen-bond acceptors (Lipinski definition) is 4. The van der Waals surface area contributed by atoms with E-state index >= 15 is 0 Å². The highest BCUT2D eigenvalue weighted by Gasteiger charge is 2.23. The third-order valence-electron chi connectivity index (χ3n) is 2.31. The Morgan fingerprint density at radius 1 is 1.53 bits per heavy atom. The molecular formula is C10H16ClN3O2S. The summed E-state index contributed by atoms with van der Waals surface area (Å²) in [6.07, 6.45) is 2.20. The molecule has 0 saturated heterocycles. The van der Waals surface area contributed by atoms with Crippen molar-refractivity contribution in [3.8, 4) is 0 Å². The Kier molecular flexibility index (Phi) is 5.32. The molecule has 0 unspecified atom stereocenters. The van der Waals surface area contributed by atoms with Crippen LogP contribution >= 0.6 is 11.6 Å². The topological polar surface area (TPSA) is 62.3 Å².